The first-order valence-electron chi connectivity index (χ1n) is 4.87. The number of ether oxygens (including phenoxy) is 1. The third kappa shape index (κ3) is 3.52. The van der Waals surface area contributed by atoms with Crippen LogP contribution in [0, 0.1) is 10.1 Å². The summed E-state index contributed by atoms with van der Waals surface area (Å²) in [7, 11) is 0. The Labute approximate surface area is 110 Å². The summed E-state index contributed by atoms with van der Waals surface area (Å²) in [4.78, 5) is 32.5. The van der Waals surface area contributed by atoms with Gasteiger partial charge in [-0.2, -0.15) is 0 Å². The van der Waals surface area contributed by atoms with Gasteiger partial charge in [-0.1, -0.05) is 15.9 Å². The number of anilines is 1. The molecule has 0 heterocycles. The molecule has 0 unspecified atom stereocenters. The summed E-state index contributed by atoms with van der Waals surface area (Å²) in [5, 5.41) is 12.9. The molecule has 0 aliphatic rings. The SMILES string of the molecule is CCOC(=O)C(=O)Nc1ccc(Br)cc1[N+](=O)[O-]. The lowest BCUT2D eigenvalue weighted by Crippen LogP contribution is -2.25. The molecular formula is C10H9BrN2O5. The zero-order chi connectivity index (χ0) is 13.7. The molecule has 1 amide bonds. The number of carbonyl (C=O) groups excluding carboxylic acids is 2. The average molecular weight is 317 g/mol. The van der Waals surface area contributed by atoms with Crippen molar-refractivity contribution in [1.82, 2.24) is 0 Å². The molecule has 0 aromatic heterocycles. The van der Waals surface area contributed by atoms with E-state index in [0.717, 1.165) is 0 Å². The molecule has 0 aliphatic heterocycles. The fraction of sp³-hybridized carbons (Fsp3) is 0.200. The first-order chi connectivity index (χ1) is 8.45. The van der Waals surface area contributed by atoms with Crippen LogP contribution < -0.4 is 5.32 Å². The van der Waals surface area contributed by atoms with E-state index in [2.05, 4.69) is 26.0 Å². The molecular weight excluding hydrogens is 308 g/mol. The molecule has 7 nitrogen and oxygen atoms in total. The van der Waals surface area contributed by atoms with Crippen LogP contribution in [0.15, 0.2) is 22.7 Å². The second-order valence-corrected chi connectivity index (χ2v) is 4.01. The van der Waals surface area contributed by atoms with E-state index < -0.39 is 16.8 Å². The van der Waals surface area contributed by atoms with Gasteiger partial charge in [0.25, 0.3) is 5.69 Å². The minimum absolute atomic E-state index is 0.0503. The molecule has 0 spiro atoms. The Kier molecular flexibility index (Phi) is 4.78. The molecule has 0 radical (unpaired) electrons. The molecule has 1 rings (SSSR count). The van der Waals surface area contributed by atoms with Crippen molar-refractivity contribution in [1.29, 1.82) is 0 Å². The van der Waals surface area contributed by atoms with Crippen LogP contribution in [0.25, 0.3) is 0 Å². The number of hydrogen-bond donors (Lipinski definition) is 1. The molecule has 1 aromatic rings. The summed E-state index contributed by atoms with van der Waals surface area (Å²) in [5.41, 5.74) is -0.386. The number of hydrogen-bond acceptors (Lipinski definition) is 5. The summed E-state index contributed by atoms with van der Waals surface area (Å²) in [5.74, 6) is -2.14. The molecule has 18 heavy (non-hydrogen) atoms. The Morgan fingerprint density at radius 1 is 1.50 bits per heavy atom. The van der Waals surface area contributed by atoms with Gasteiger partial charge in [0.15, 0.2) is 0 Å². The van der Waals surface area contributed by atoms with E-state index in [1.165, 1.54) is 18.2 Å². The third-order valence-electron chi connectivity index (χ3n) is 1.87. The van der Waals surface area contributed by atoms with Gasteiger partial charge in [-0.25, -0.2) is 4.79 Å². The number of nitrogens with zero attached hydrogens (tertiary/aromatic N) is 1. The first-order valence-corrected chi connectivity index (χ1v) is 5.67. The van der Waals surface area contributed by atoms with E-state index in [0.29, 0.717) is 4.47 Å². The van der Waals surface area contributed by atoms with Crippen molar-refractivity contribution in [3.63, 3.8) is 0 Å². The second-order valence-electron chi connectivity index (χ2n) is 3.09. The zero-order valence-electron chi connectivity index (χ0n) is 9.31. The molecule has 0 saturated heterocycles. The Morgan fingerprint density at radius 3 is 2.72 bits per heavy atom. The molecule has 8 heteroatoms. The number of benzene rings is 1. The van der Waals surface area contributed by atoms with E-state index in [1.54, 1.807) is 6.92 Å². The molecule has 0 atom stereocenters. The predicted octanol–water partition coefficient (Wildman–Crippen LogP) is 1.86. The Bertz CT molecular complexity index is 503. The van der Waals surface area contributed by atoms with Crippen LogP contribution in [0.5, 0.6) is 0 Å². The number of nitro groups is 1. The van der Waals surface area contributed by atoms with Crippen molar-refractivity contribution >= 4 is 39.2 Å². The summed E-state index contributed by atoms with van der Waals surface area (Å²) < 4.78 is 4.96. The maximum Gasteiger partial charge on any atom is 0.397 e. The number of nitro benzene ring substituents is 1. The number of carbonyl (C=O) groups is 2. The van der Waals surface area contributed by atoms with E-state index in [4.69, 9.17) is 0 Å². The molecule has 96 valence electrons. The molecule has 0 aliphatic carbocycles. The molecule has 0 bridgehead atoms. The fourth-order valence-corrected chi connectivity index (χ4v) is 1.48. The topological polar surface area (TPSA) is 98.5 Å². The maximum atomic E-state index is 11.3. The number of esters is 1. The lowest BCUT2D eigenvalue weighted by atomic mass is 10.2. The number of amides is 1. The Hall–Kier alpha value is -1.96. The lowest BCUT2D eigenvalue weighted by molar-refractivity contribution is -0.384. The van der Waals surface area contributed by atoms with Crippen molar-refractivity contribution in [2.45, 2.75) is 6.92 Å². The van der Waals surface area contributed by atoms with Crippen LogP contribution in [0.1, 0.15) is 6.92 Å². The maximum absolute atomic E-state index is 11.3. The van der Waals surface area contributed by atoms with Crippen LogP contribution in [-0.4, -0.2) is 23.4 Å². The summed E-state index contributed by atoms with van der Waals surface area (Å²) in [6, 6.07) is 4.05. The normalized spacial score (nSPS) is 9.67. The fourth-order valence-electron chi connectivity index (χ4n) is 1.13. The highest BCUT2D eigenvalue weighted by atomic mass is 79.9. The monoisotopic (exact) mass is 316 g/mol. The largest absolute Gasteiger partial charge is 0.459 e. The van der Waals surface area contributed by atoms with Gasteiger partial charge in [0.2, 0.25) is 0 Å². The first kappa shape index (κ1) is 14.1. The number of nitrogens with one attached hydrogen (secondary N) is 1. The minimum atomic E-state index is -1.09. The quantitative estimate of drug-likeness (QED) is 0.397. The summed E-state index contributed by atoms with van der Waals surface area (Å²) in [6.07, 6.45) is 0. The lowest BCUT2D eigenvalue weighted by Gasteiger charge is -2.05. The van der Waals surface area contributed by atoms with E-state index in [-0.39, 0.29) is 18.0 Å². The zero-order valence-corrected chi connectivity index (χ0v) is 10.9. The highest BCUT2D eigenvalue weighted by Crippen LogP contribution is 2.27. The van der Waals surface area contributed by atoms with E-state index >= 15 is 0 Å². The van der Waals surface area contributed by atoms with Gasteiger partial charge in [-0.15, -0.1) is 0 Å². The Morgan fingerprint density at radius 2 is 2.17 bits per heavy atom. The van der Waals surface area contributed by atoms with Gasteiger partial charge in [0, 0.05) is 10.5 Å². The molecule has 1 aromatic carbocycles. The van der Waals surface area contributed by atoms with Gasteiger partial charge in [-0.05, 0) is 19.1 Å². The van der Waals surface area contributed by atoms with Gasteiger partial charge >= 0.3 is 11.9 Å². The molecule has 0 saturated carbocycles. The molecule has 0 fully saturated rings. The van der Waals surface area contributed by atoms with Gasteiger partial charge in [0.1, 0.15) is 5.69 Å². The molecule has 1 N–H and O–H groups in total. The Balaban J connectivity index is 2.94. The average Bonchev–Trinajstić information content (AvgIpc) is 2.31. The van der Waals surface area contributed by atoms with Crippen molar-refractivity contribution in [2.75, 3.05) is 11.9 Å². The standard InChI is InChI=1S/C10H9BrN2O5/c1-2-18-10(15)9(14)12-7-4-3-6(11)5-8(7)13(16)17/h3-5H,2H2,1H3,(H,12,14). The van der Waals surface area contributed by atoms with Crippen LogP contribution >= 0.6 is 15.9 Å². The van der Waals surface area contributed by atoms with Crippen molar-refractivity contribution in [3.05, 3.63) is 32.8 Å². The third-order valence-corrected chi connectivity index (χ3v) is 2.36. The minimum Gasteiger partial charge on any atom is -0.459 e. The summed E-state index contributed by atoms with van der Waals surface area (Å²) in [6.45, 7) is 1.60. The highest BCUT2D eigenvalue weighted by Gasteiger charge is 2.20. The van der Waals surface area contributed by atoms with Crippen LogP contribution in [0.2, 0.25) is 0 Å². The van der Waals surface area contributed by atoms with E-state index in [9.17, 15) is 19.7 Å². The highest BCUT2D eigenvalue weighted by molar-refractivity contribution is 9.10. The van der Waals surface area contributed by atoms with Crippen molar-refractivity contribution < 1.29 is 19.2 Å². The van der Waals surface area contributed by atoms with Crippen LogP contribution in [0.3, 0.4) is 0 Å². The van der Waals surface area contributed by atoms with Crippen molar-refractivity contribution in [2.24, 2.45) is 0 Å². The summed E-state index contributed by atoms with van der Waals surface area (Å²) >= 11 is 3.08. The predicted molar refractivity (Wildman–Crippen MR) is 66.1 cm³/mol. The number of halogens is 1. The van der Waals surface area contributed by atoms with Gasteiger partial charge < -0.3 is 10.1 Å². The van der Waals surface area contributed by atoms with E-state index in [1.807, 2.05) is 0 Å². The van der Waals surface area contributed by atoms with Crippen molar-refractivity contribution in [3.8, 4) is 0 Å². The number of rotatable bonds is 3. The van der Waals surface area contributed by atoms with Gasteiger partial charge in [0.05, 0.1) is 11.5 Å². The van der Waals surface area contributed by atoms with Crippen LogP contribution in [0.4, 0.5) is 11.4 Å². The smallest absolute Gasteiger partial charge is 0.397 e. The van der Waals surface area contributed by atoms with Crippen LogP contribution in [-0.2, 0) is 14.3 Å². The van der Waals surface area contributed by atoms with Gasteiger partial charge in [-0.3, -0.25) is 14.9 Å². The second kappa shape index (κ2) is 6.10.